The maximum atomic E-state index is 12.0. The van der Waals surface area contributed by atoms with Crippen LogP contribution in [0.15, 0.2) is 11.0 Å². The van der Waals surface area contributed by atoms with Crippen LogP contribution in [0, 0.1) is 0 Å². The Hall–Kier alpha value is -1.83. The van der Waals surface area contributed by atoms with Gasteiger partial charge in [0.2, 0.25) is 0 Å². The standard InChI is InChI=1S/C8H7F3N2O3/c9-8(10,11)16-6-2-13-7(15)5(3-14)4(6)1-12/h2-3H,1,12H2,(H,13,15). The van der Waals surface area contributed by atoms with Gasteiger partial charge in [-0.15, -0.1) is 13.2 Å². The topological polar surface area (TPSA) is 85.2 Å². The van der Waals surface area contributed by atoms with Crippen LogP contribution in [-0.2, 0) is 6.54 Å². The predicted octanol–water partition coefficient (Wildman–Crippen LogP) is 0.545. The highest BCUT2D eigenvalue weighted by Crippen LogP contribution is 2.25. The lowest BCUT2D eigenvalue weighted by molar-refractivity contribution is -0.275. The molecule has 3 N–H and O–H groups in total. The molecule has 0 aliphatic carbocycles. The molecule has 0 amide bonds. The number of H-pyrrole nitrogens is 1. The molecule has 5 nitrogen and oxygen atoms in total. The summed E-state index contributed by atoms with van der Waals surface area (Å²) in [6.07, 6.45) is -4.07. The quantitative estimate of drug-likeness (QED) is 0.750. The predicted molar refractivity (Wildman–Crippen MR) is 47.0 cm³/mol. The van der Waals surface area contributed by atoms with E-state index in [1.165, 1.54) is 0 Å². The smallest absolute Gasteiger partial charge is 0.404 e. The molecule has 16 heavy (non-hydrogen) atoms. The number of aromatic nitrogens is 1. The minimum atomic E-state index is -4.91. The zero-order valence-corrected chi connectivity index (χ0v) is 7.80. The third kappa shape index (κ3) is 2.60. The highest BCUT2D eigenvalue weighted by molar-refractivity contribution is 5.77. The van der Waals surface area contributed by atoms with Gasteiger partial charge >= 0.3 is 6.36 Å². The van der Waals surface area contributed by atoms with Crippen LogP contribution >= 0.6 is 0 Å². The van der Waals surface area contributed by atoms with Crippen LogP contribution in [0.1, 0.15) is 15.9 Å². The van der Waals surface area contributed by atoms with E-state index in [0.717, 1.165) is 0 Å². The van der Waals surface area contributed by atoms with Gasteiger partial charge in [-0.05, 0) is 0 Å². The van der Waals surface area contributed by atoms with Crippen molar-refractivity contribution in [3.63, 3.8) is 0 Å². The van der Waals surface area contributed by atoms with Crippen LogP contribution in [-0.4, -0.2) is 17.6 Å². The molecule has 1 heterocycles. The van der Waals surface area contributed by atoms with E-state index in [1.807, 2.05) is 4.98 Å². The first-order valence-corrected chi connectivity index (χ1v) is 4.04. The number of rotatable bonds is 3. The fourth-order valence-electron chi connectivity index (χ4n) is 1.12. The number of aromatic amines is 1. The molecule has 1 aromatic rings. The molecule has 0 saturated heterocycles. The fraction of sp³-hybridized carbons (Fsp3) is 0.250. The molecule has 1 aromatic heterocycles. The van der Waals surface area contributed by atoms with Gasteiger partial charge in [0.1, 0.15) is 0 Å². The SMILES string of the molecule is NCc1c(OC(F)(F)F)c[nH]c(=O)c1C=O. The Morgan fingerprint density at radius 1 is 1.50 bits per heavy atom. The van der Waals surface area contributed by atoms with Crippen LogP contribution in [0.5, 0.6) is 5.75 Å². The van der Waals surface area contributed by atoms with Crippen LogP contribution in [0.3, 0.4) is 0 Å². The van der Waals surface area contributed by atoms with E-state index in [9.17, 15) is 22.8 Å². The number of carbonyl (C=O) groups is 1. The number of pyridine rings is 1. The largest absolute Gasteiger partial charge is 0.573 e. The lowest BCUT2D eigenvalue weighted by atomic mass is 10.1. The summed E-state index contributed by atoms with van der Waals surface area (Å²) in [5, 5.41) is 0. The van der Waals surface area contributed by atoms with Crippen molar-refractivity contribution < 1.29 is 22.7 Å². The molecule has 0 saturated carbocycles. The van der Waals surface area contributed by atoms with Crippen molar-refractivity contribution in [1.29, 1.82) is 0 Å². The number of hydrogen-bond acceptors (Lipinski definition) is 4. The molecule has 0 aliphatic heterocycles. The van der Waals surface area contributed by atoms with Gasteiger partial charge in [0, 0.05) is 18.3 Å². The summed E-state index contributed by atoms with van der Waals surface area (Å²) in [6, 6.07) is 0. The summed E-state index contributed by atoms with van der Waals surface area (Å²) in [7, 11) is 0. The summed E-state index contributed by atoms with van der Waals surface area (Å²) in [6.45, 7) is -0.413. The van der Waals surface area contributed by atoms with Gasteiger partial charge in [-0.1, -0.05) is 0 Å². The van der Waals surface area contributed by atoms with Gasteiger partial charge in [0.15, 0.2) is 12.0 Å². The van der Waals surface area contributed by atoms with Crippen molar-refractivity contribution in [3.05, 3.63) is 27.7 Å². The van der Waals surface area contributed by atoms with Crippen molar-refractivity contribution in [2.75, 3.05) is 0 Å². The lowest BCUT2D eigenvalue weighted by Crippen LogP contribution is -2.23. The second kappa shape index (κ2) is 4.35. The highest BCUT2D eigenvalue weighted by atomic mass is 19.4. The fourth-order valence-corrected chi connectivity index (χ4v) is 1.12. The summed E-state index contributed by atoms with van der Waals surface area (Å²) in [5.74, 6) is -0.684. The van der Waals surface area contributed by atoms with E-state index in [-0.39, 0.29) is 11.8 Å². The van der Waals surface area contributed by atoms with Crippen molar-refractivity contribution in [3.8, 4) is 5.75 Å². The molecular formula is C8H7F3N2O3. The molecule has 8 heteroatoms. The van der Waals surface area contributed by atoms with Gasteiger partial charge in [-0.25, -0.2) is 0 Å². The molecule has 0 aromatic carbocycles. The average Bonchev–Trinajstić information content (AvgIpc) is 2.18. The Kier molecular flexibility index (Phi) is 3.33. The maximum absolute atomic E-state index is 12.0. The van der Waals surface area contributed by atoms with Gasteiger partial charge in [0.05, 0.1) is 5.56 Å². The Labute approximate surface area is 87.0 Å². The van der Waals surface area contributed by atoms with Crippen LogP contribution in [0.2, 0.25) is 0 Å². The third-order valence-corrected chi connectivity index (χ3v) is 1.75. The molecule has 1 rings (SSSR count). The number of aldehydes is 1. The number of hydrogen-bond donors (Lipinski definition) is 2. The second-order valence-corrected chi connectivity index (χ2v) is 2.74. The van der Waals surface area contributed by atoms with Crippen LogP contribution in [0.25, 0.3) is 0 Å². The van der Waals surface area contributed by atoms with Gasteiger partial charge < -0.3 is 15.5 Å². The minimum absolute atomic E-state index is 0.129. The Bertz CT molecular complexity index is 453. The Morgan fingerprint density at radius 2 is 2.12 bits per heavy atom. The first-order chi connectivity index (χ1) is 7.39. The molecule has 0 fully saturated rings. The third-order valence-electron chi connectivity index (χ3n) is 1.75. The lowest BCUT2D eigenvalue weighted by Gasteiger charge is -2.12. The van der Waals surface area contributed by atoms with Crippen LogP contribution in [0.4, 0.5) is 13.2 Å². The van der Waals surface area contributed by atoms with Gasteiger partial charge in [-0.2, -0.15) is 0 Å². The normalized spacial score (nSPS) is 11.2. The summed E-state index contributed by atoms with van der Waals surface area (Å²) in [5.41, 5.74) is 3.59. The molecule has 0 atom stereocenters. The molecule has 0 unspecified atom stereocenters. The first-order valence-electron chi connectivity index (χ1n) is 4.04. The van der Waals surface area contributed by atoms with E-state index in [2.05, 4.69) is 4.74 Å². The average molecular weight is 236 g/mol. The van der Waals surface area contributed by atoms with Crippen molar-refractivity contribution in [2.24, 2.45) is 5.73 Å². The molecule has 0 radical (unpaired) electrons. The van der Waals surface area contributed by atoms with Crippen molar-refractivity contribution >= 4 is 6.29 Å². The first kappa shape index (κ1) is 12.2. The maximum Gasteiger partial charge on any atom is 0.573 e. The number of halogens is 3. The summed E-state index contributed by atoms with van der Waals surface area (Å²) < 4.78 is 39.5. The zero-order chi connectivity index (χ0) is 12.3. The van der Waals surface area contributed by atoms with Crippen molar-refractivity contribution in [2.45, 2.75) is 12.9 Å². The van der Waals surface area contributed by atoms with E-state index < -0.39 is 29.8 Å². The minimum Gasteiger partial charge on any atom is -0.404 e. The zero-order valence-electron chi connectivity index (χ0n) is 7.80. The van der Waals surface area contributed by atoms with E-state index in [1.54, 1.807) is 0 Å². The summed E-state index contributed by atoms with van der Waals surface area (Å²) in [4.78, 5) is 23.5. The number of carbonyl (C=O) groups excluding carboxylic acids is 1. The molecular weight excluding hydrogens is 229 g/mol. The van der Waals surface area contributed by atoms with Gasteiger partial charge in [0.25, 0.3) is 5.56 Å². The second-order valence-electron chi connectivity index (χ2n) is 2.74. The monoisotopic (exact) mass is 236 g/mol. The van der Waals surface area contributed by atoms with E-state index in [0.29, 0.717) is 6.20 Å². The number of alkyl halides is 3. The highest BCUT2D eigenvalue weighted by Gasteiger charge is 2.32. The van der Waals surface area contributed by atoms with Crippen LogP contribution < -0.4 is 16.0 Å². The molecule has 0 spiro atoms. The summed E-state index contributed by atoms with van der Waals surface area (Å²) >= 11 is 0. The van der Waals surface area contributed by atoms with Gasteiger partial charge in [-0.3, -0.25) is 9.59 Å². The number of nitrogens with one attached hydrogen (secondary N) is 1. The molecule has 0 aliphatic rings. The molecule has 0 bridgehead atoms. The van der Waals surface area contributed by atoms with Crippen molar-refractivity contribution in [1.82, 2.24) is 4.98 Å². The Balaban J connectivity index is 3.30. The Morgan fingerprint density at radius 3 is 2.56 bits per heavy atom. The van der Waals surface area contributed by atoms with E-state index in [4.69, 9.17) is 5.73 Å². The molecule has 88 valence electrons. The van der Waals surface area contributed by atoms with E-state index >= 15 is 0 Å². The number of nitrogens with two attached hydrogens (primary N) is 1. The number of ether oxygens (including phenoxy) is 1.